The fourth-order valence-corrected chi connectivity index (χ4v) is 1.32. The van der Waals surface area contributed by atoms with Crippen molar-refractivity contribution < 1.29 is 23.7 Å². The molecule has 1 fully saturated rings. The molecule has 1 rings (SSSR count). The third-order valence-corrected chi connectivity index (χ3v) is 2.11. The van der Waals surface area contributed by atoms with E-state index in [2.05, 4.69) is 0 Å². The van der Waals surface area contributed by atoms with Gasteiger partial charge in [-0.1, -0.05) is 0 Å². The molecule has 1 saturated heterocycles. The lowest BCUT2D eigenvalue weighted by Crippen LogP contribution is -2.27. The molecule has 2 atom stereocenters. The van der Waals surface area contributed by atoms with E-state index in [-0.39, 0.29) is 12.7 Å². The van der Waals surface area contributed by atoms with Gasteiger partial charge in [0.1, 0.15) is 12.2 Å². The first-order valence-electron chi connectivity index (χ1n) is 4.95. The average Bonchev–Trinajstić information content (AvgIpc) is 2.53. The van der Waals surface area contributed by atoms with E-state index in [1.165, 1.54) is 7.11 Å². The molecule has 1 aliphatic heterocycles. The van der Waals surface area contributed by atoms with E-state index < -0.39 is 11.9 Å². The van der Waals surface area contributed by atoms with E-state index in [0.717, 1.165) is 6.29 Å². The van der Waals surface area contributed by atoms with E-state index >= 15 is 0 Å². The molecule has 15 heavy (non-hydrogen) atoms. The average molecular weight is 218 g/mol. The molecule has 0 aliphatic carbocycles. The predicted molar refractivity (Wildman–Crippen MR) is 52.6 cm³/mol. The van der Waals surface area contributed by atoms with Crippen LogP contribution in [0.15, 0.2) is 0 Å². The van der Waals surface area contributed by atoms with Gasteiger partial charge in [0.25, 0.3) is 0 Å². The van der Waals surface area contributed by atoms with Gasteiger partial charge in [0.2, 0.25) is 0 Å². The Hall–Kier alpha value is -0.490. The van der Waals surface area contributed by atoms with E-state index in [4.69, 9.17) is 18.9 Å². The highest BCUT2D eigenvalue weighted by atomic mass is 16.7. The minimum atomic E-state index is -0.528. The summed E-state index contributed by atoms with van der Waals surface area (Å²) in [5.74, 6) is -0.528. The van der Waals surface area contributed by atoms with Gasteiger partial charge in [-0.05, 0) is 13.8 Å². The lowest BCUT2D eigenvalue weighted by Gasteiger charge is -2.17. The molecule has 0 radical (unpaired) electrons. The Labute approximate surface area is 89.6 Å². The lowest BCUT2D eigenvalue weighted by molar-refractivity contribution is -0.147. The molecule has 1 aliphatic rings. The maximum Gasteiger partial charge on any atom is 0.163 e. The van der Waals surface area contributed by atoms with Crippen LogP contribution < -0.4 is 0 Å². The van der Waals surface area contributed by atoms with Crippen molar-refractivity contribution in [2.75, 3.05) is 26.9 Å². The number of hydrogen-bond donors (Lipinski definition) is 0. The number of carbonyl (C=O) groups is 1. The van der Waals surface area contributed by atoms with E-state index in [1.54, 1.807) is 0 Å². The Kier molecular flexibility index (Phi) is 4.66. The molecule has 5 heteroatoms. The summed E-state index contributed by atoms with van der Waals surface area (Å²) in [6.45, 7) is 4.90. The van der Waals surface area contributed by atoms with Gasteiger partial charge < -0.3 is 23.7 Å². The Morgan fingerprint density at radius 3 is 2.80 bits per heavy atom. The summed E-state index contributed by atoms with van der Waals surface area (Å²) in [5.41, 5.74) is 0. The van der Waals surface area contributed by atoms with Crippen molar-refractivity contribution in [2.45, 2.75) is 31.8 Å². The standard InChI is InChI=1S/C10H18O5/c1-10(2)14-7-9(15-10)6-13-5-8(4-11)12-3/h4,8-9H,5-7H2,1-3H3/t8-,9-/m0/s1. The summed E-state index contributed by atoms with van der Waals surface area (Å²) in [6, 6.07) is 0. The second-order valence-corrected chi connectivity index (χ2v) is 3.90. The number of methoxy groups -OCH3 is 1. The van der Waals surface area contributed by atoms with Crippen LogP contribution in [-0.4, -0.2) is 51.2 Å². The summed E-state index contributed by atoms with van der Waals surface area (Å²) in [7, 11) is 1.47. The van der Waals surface area contributed by atoms with Crippen molar-refractivity contribution in [1.29, 1.82) is 0 Å². The molecule has 88 valence electrons. The quantitative estimate of drug-likeness (QED) is 0.603. The highest BCUT2D eigenvalue weighted by Gasteiger charge is 2.32. The van der Waals surface area contributed by atoms with Crippen molar-refractivity contribution in [2.24, 2.45) is 0 Å². The maximum absolute atomic E-state index is 10.4. The van der Waals surface area contributed by atoms with Crippen molar-refractivity contribution in [3.05, 3.63) is 0 Å². The first-order chi connectivity index (χ1) is 7.07. The van der Waals surface area contributed by atoms with Crippen molar-refractivity contribution in [3.63, 3.8) is 0 Å². The summed E-state index contributed by atoms with van der Waals surface area (Å²) in [5, 5.41) is 0. The van der Waals surface area contributed by atoms with Gasteiger partial charge in [0.15, 0.2) is 12.1 Å². The van der Waals surface area contributed by atoms with Crippen LogP contribution in [0.3, 0.4) is 0 Å². The Balaban J connectivity index is 2.13. The lowest BCUT2D eigenvalue weighted by atomic mass is 10.4. The SMILES string of the molecule is CO[C@@H](C=O)COC[C@H]1COC(C)(C)O1. The molecule has 0 aromatic rings. The van der Waals surface area contributed by atoms with Gasteiger partial charge in [0, 0.05) is 7.11 Å². The van der Waals surface area contributed by atoms with Crippen LogP contribution in [0.2, 0.25) is 0 Å². The molecular formula is C10H18O5. The first-order valence-corrected chi connectivity index (χ1v) is 4.95. The Morgan fingerprint density at radius 2 is 2.33 bits per heavy atom. The molecule has 0 aromatic heterocycles. The number of carbonyl (C=O) groups excluding carboxylic acids is 1. The Bertz CT molecular complexity index is 204. The third-order valence-electron chi connectivity index (χ3n) is 2.11. The summed E-state index contributed by atoms with van der Waals surface area (Å²) in [4.78, 5) is 10.4. The largest absolute Gasteiger partial charge is 0.375 e. The topological polar surface area (TPSA) is 54.0 Å². The Morgan fingerprint density at radius 1 is 1.60 bits per heavy atom. The molecule has 5 nitrogen and oxygen atoms in total. The second-order valence-electron chi connectivity index (χ2n) is 3.90. The summed E-state index contributed by atoms with van der Waals surface area (Å²) in [6.07, 6.45) is 0.153. The zero-order valence-electron chi connectivity index (χ0n) is 9.39. The highest BCUT2D eigenvalue weighted by molar-refractivity contribution is 5.56. The minimum absolute atomic E-state index is 0.0656. The van der Waals surface area contributed by atoms with Crippen molar-refractivity contribution >= 4 is 6.29 Å². The molecule has 0 aromatic carbocycles. The smallest absolute Gasteiger partial charge is 0.163 e. The monoisotopic (exact) mass is 218 g/mol. The number of hydrogen-bond acceptors (Lipinski definition) is 5. The van der Waals surface area contributed by atoms with Gasteiger partial charge in [-0.15, -0.1) is 0 Å². The van der Waals surface area contributed by atoms with Crippen LogP contribution >= 0.6 is 0 Å². The molecule has 0 amide bonds. The van der Waals surface area contributed by atoms with Crippen molar-refractivity contribution in [3.8, 4) is 0 Å². The molecule has 0 spiro atoms. The zero-order valence-corrected chi connectivity index (χ0v) is 9.39. The van der Waals surface area contributed by atoms with Crippen LogP contribution in [0.1, 0.15) is 13.8 Å². The first kappa shape index (κ1) is 12.6. The van der Waals surface area contributed by atoms with Gasteiger partial charge in [-0.2, -0.15) is 0 Å². The van der Waals surface area contributed by atoms with Crippen LogP contribution in [0.25, 0.3) is 0 Å². The van der Waals surface area contributed by atoms with E-state index in [9.17, 15) is 4.79 Å². The maximum atomic E-state index is 10.4. The highest BCUT2D eigenvalue weighted by Crippen LogP contribution is 2.22. The fourth-order valence-electron chi connectivity index (χ4n) is 1.32. The van der Waals surface area contributed by atoms with Crippen molar-refractivity contribution in [1.82, 2.24) is 0 Å². The number of aldehydes is 1. The summed E-state index contributed by atoms with van der Waals surface area (Å²) >= 11 is 0. The number of ether oxygens (including phenoxy) is 4. The van der Waals surface area contributed by atoms with Crippen LogP contribution in [-0.2, 0) is 23.7 Å². The molecule has 1 heterocycles. The molecule has 0 bridgehead atoms. The summed E-state index contributed by atoms with van der Waals surface area (Å²) < 4.78 is 21.0. The zero-order chi connectivity index (χ0) is 11.3. The van der Waals surface area contributed by atoms with Gasteiger partial charge in [0.05, 0.1) is 19.8 Å². The van der Waals surface area contributed by atoms with E-state index in [1.807, 2.05) is 13.8 Å². The second kappa shape index (κ2) is 5.55. The normalized spacial score (nSPS) is 26.5. The minimum Gasteiger partial charge on any atom is -0.375 e. The predicted octanol–water partition coefficient (Wildman–Crippen LogP) is 0.368. The van der Waals surface area contributed by atoms with Crippen LogP contribution in [0, 0.1) is 0 Å². The fraction of sp³-hybridized carbons (Fsp3) is 0.900. The van der Waals surface area contributed by atoms with E-state index in [0.29, 0.717) is 13.2 Å². The molecule has 0 N–H and O–H groups in total. The molecule has 0 saturated carbocycles. The molecular weight excluding hydrogens is 200 g/mol. The number of rotatable bonds is 6. The van der Waals surface area contributed by atoms with Gasteiger partial charge in [-0.3, -0.25) is 0 Å². The van der Waals surface area contributed by atoms with Crippen LogP contribution in [0.5, 0.6) is 0 Å². The van der Waals surface area contributed by atoms with Crippen LogP contribution in [0.4, 0.5) is 0 Å². The van der Waals surface area contributed by atoms with Gasteiger partial charge in [-0.25, -0.2) is 0 Å². The molecule has 0 unspecified atom stereocenters. The van der Waals surface area contributed by atoms with Gasteiger partial charge >= 0.3 is 0 Å². The third kappa shape index (κ3) is 4.25.